The van der Waals surface area contributed by atoms with Gasteiger partial charge in [0, 0.05) is 13.1 Å². The summed E-state index contributed by atoms with van der Waals surface area (Å²) in [7, 11) is -1.85. The van der Waals surface area contributed by atoms with Crippen molar-refractivity contribution in [1.82, 2.24) is 4.31 Å². The van der Waals surface area contributed by atoms with E-state index in [1.165, 1.54) is 0 Å². The van der Waals surface area contributed by atoms with E-state index in [9.17, 15) is 8.42 Å². The van der Waals surface area contributed by atoms with Gasteiger partial charge in [0.05, 0.1) is 12.0 Å². The molecule has 0 saturated carbocycles. The molecule has 1 saturated heterocycles. The zero-order valence-electron chi connectivity index (χ0n) is 14.5. The van der Waals surface area contributed by atoms with Crippen LogP contribution in [0, 0.1) is 5.92 Å². The first-order valence-electron chi connectivity index (χ1n) is 8.42. The van der Waals surface area contributed by atoms with Gasteiger partial charge in [-0.15, -0.1) is 0 Å². The molecular weight excluding hydrogens is 338 g/mol. The summed E-state index contributed by atoms with van der Waals surface area (Å²) in [5.74, 6) is 2.37. The van der Waals surface area contributed by atoms with Crippen LogP contribution in [0.15, 0.2) is 53.4 Å². The molecule has 0 aromatic heterocycles. The highest BCUT2D eigenvalue weighted by molar-refractivity contribution is 7.89. The Balaban J connectivity index is 1.75. The Morgan fingerprint density at radius 2 is 1.56 bits per heavy atom. The number of benzene rings is 2. The molecule has 2 aromatic carbocycles. The molecule has 0 bridgehead atoms. The summed E-state index contributed by atoms with van der Waals surface area (Å²) in [4.78, 5) is 0.300. The first-order chi connectivity index (χ1) is 12.0. The van der Waals surface area contributed by atoms with E-state index in [1.807, 2.05) is 18.2 Å². The fraction of sp³-hybridized carbons (Fsp3) is 0.368. The lowest BCUT2D eigenvalue weighted by Crippen LogP contribution is -2.37. The van der Waals surface area contributed by atoms with E-state index in [0.717, 1.165) is 12.8 Å². The van der Waals surface area contributed by atoms with Crippen molar-refractivity contribution >= 4 is 10.0 Å². The molecular formula is C19H23NO4S. The first-order valence-corrected chi connectivity index (χ1v) is 9.86. The van der Waals surface area contributed by atoms with Crippen LogP contribution in [0.25, 0.3) is 0 Å². The molecule has 1 aliphatic rings. The number of methoxy groups -OCH3 is 1. The van der Waals surface area contributed by atoms with Gasteiger partial charge < -0.3 is 9.47 Å². The van der Waals surface area contributed by atoms with E-state index in [1.54, 1.807) is 41.7 Å². The summed E-state index contributed by atoms with van der Waals surface area (Å²) in [5, 5.41) is 0. The highest BCUT2D eigenvalue weighted by atomic mass is 32.2. The second-order valence-corrected chi connectivity index (χ2v) is 8.25. The molecule has 3 rings (SSSR count). The van der Waals surface area contributed by atoms with Gasteiger partial charge in [0.2, 0.25) is 10.0 Å². The van der Waals surface area contributed by atoms with Crippen LogP contribution in [0.3, 0.4) is 0 Å². The molecule has 1 aliphatic heterocycles. The highest BCUT2D eigenvalue weighted by Crippen LogP contribution is 2.32. The number of piperidine rings is 1. The van der Waals surface area contributed by atoms with E-state index < -0.39 is 10.0 Å². The molecule has 25 heavy (non-hydrogen) atoms. The van der Waals surface area contributed by atoms with Crippen LogP contribution in [0.5, 0.6) is 17.2 Å². The molecule has 0 amide bonds. The van der Waals surface area contributed by atoms with Gasteiger partial charge in [-0.05, 0) is 55.2 Å². The summed E-state index contributed by atoms with van der Waals surface area (Å²) in [6.07, 6.45) is 1.82. The second kappa shape index (κ2) is 7.45. The molecule has 0 radical (unpaired) electrons. The molecule has 2 aromatic rings. The summed E-state index contributed by atoms with van der Waals surface area (Å²) in [6.45, 7) is 3.33. The van der Waals surface area contributed by atoms with Crippen molar-refractivity contribution < 1.29 is 17.9 Å². The third-order valence-corrected chi connectivity index (χ3v) is 6.41. The van der Waals surface area contributed by atoms with Crippen molar-refractivity contribution in [2.75, 3.05) is 20.2 Å². The second-order valence-electron chi connectivity index (χ2n) is 6.31. The number of sulfonamides is 1. The van der Waals surface area contributed by atoms with E-state index in [4.69, 9.17) is 9.47 Å². The number of rotatable bonds is 5. The average Bonchev–Trinajstić information content (AvgIpc) is 2.63. The fourth-order valence-corrected chi connectivity index (χ4v) is 4.35. The number of nitrogens with zero attached hydrogens (tertiary/aromatic N) is 1. The van der Waals surface area contributed by atoms with Crippen molar-refractivity contribution in [1.29, 1.82) is 0 Å². The van der Waals surface area contributed by atoms with Gasteiger partial charge in [-0.3, -0.25) is 0 Å². The summed E-state index contributed by atoms with van der Waals surface area (Å²) >= 11 is 0. The maximum Gasteiger partial charge on any atom is 0.243 e. The number of hydrogen-bond acceptors (Lipinski definition) is 4. The predicted octanol–water partition coefficient (Wildman–Crippen LogP) is 3.91. The molecule has 0 unspecified atom stereocenters. The molecule has 0 atom stereocenters. The Kier molecular flexibility index (Phi) is 5.30. The zero-order chi connectivity index (χ0) is 17.9. The molecule has 0 N–H and O–H groups in total. The van der Waals surface area contributed by atoms with E-state index in [2.05, 4.69) is 6.92 Å². The monoisotopic (exact) mass is 361 g/mol. The average molecular weight is 361 g/mol. The minimum atomic E-state index is -3.43. The fourth-order valence-electron chi connectivity index (χ4n) is 2.88. The van der Waals surface area contributed by atoms with Crippen LogP contribution in [0.4, 0.5) is 0 Å². The number of para-hydroxylation sites is 2. The highest BCUT2D eigenvalue weighted by Gasteiger charge is 2.27. The lowest BCUT2D eigenvalue weighted by atomic mass is 10.0. The Morgan fingerprint density at radius 1 is 0.960 bits per heavy atom. The Morgan fingerprint density at radius 3 is 2.16 bits per heavy atom. The predicted molar refractivity (Wildman–Crippen MR) is 96.7 cm³/mol. The zero-order valence-corrected chi connectivity index (χ0v) is 15.3. The van der Waals surface area contributed by atoms with Gasteiger partial charge in [-0.1, -0.05) is 19.1 Å². The van der Waals surface area contributed by atoms with Crippen LogP contribution in [-0.4, -0.2) is 32.9 Å². The van der Waals surface area contributed by atoms with Crippen molar-refractivity contribution in [2.24, 2.45) is 5.92 Å². The van der Waals surface area contributed by atoms with Crippen LogP contribution in [0.2, 0.25) is 0 Å². The van der Waals surface area contributed by atoms with Crippen molar-refractivity contribution in [3.8, 4) is 17.2 Å². The SMILES string of the molecule is COc1ccccc1Oc1ccc(S(=O)(=O)N2CCC(C)CC2)cc1. The first kappa shape index (κ1) is 17.8. The van der Waals surface area contributed by atoms with Crippen LogP contribution >= 0.6 is 0 Å². The van der Waals surface area contributed by atoms with Gasteiger partial charge in [0.1, 0.15) is 5.75 Å². The van der Waals surface area contributed by atoms with Gasteiger partial charge in [-0.2, -0.15) is 4.31 Å². The van der Waals surface area contributed by atoms with Crippen LogP contribution < -0.4 is 9.47 Å². The van der Waals surface area contributed by atoms with Gasteiger partial charge in [0.25, 0.3) is 0 Å². The lowest BCUT2D eigenvalue weighted by molar-refractivity contribution is 0.288. The van der Waals surface area contributed by atoms with Crippen LogP contribution in [-0.2, 0) is 10.0 Å². The molecule has 0 aliphatic carbocycles. The number of ether oxygens (including phenoxy) is 2. The van der Waals surface area contributed by atoms with E-state index >= 15 is 0 Å². The maximum absolute atomic E-state index is 12.7. The Hall–Kier alpha value is -2.05. The standard InChI is InChI=1S/C19H23NO4S/c1-15-11-13-20(14-12-15)25(21,22)17-9-7-16(8-10-17)24-19-6-4-3-5-18(19)23-2/h3-10,15H,11-14H2,1-2H3. The van der Waals surface area contributed by atoms with E-state index in [0.29, 0.717) is 41.2 Å². The Labute approximate surface area is 149 Å². The van der Waals surface area contributed by atoms with Crippen molar-refractivity contribution in [2.45, 2.75) is 24.7 Å². The topological polar surface area (TPSA) is 55.8 Å². The van der Waals surface area contributed by atoms with Crippen molar-refractivity contribution in [3.05, 3.63) is 48.5 Å². The van der Waals surface area contributed by atoms with Gasteiger partial charge >= 0.3 is 0 Å². The lowest BCUT2D eigenvalue weighted by Gasteiger charge is -2.29. The van der Waals surface area contributed by atoms with E-state index in [-0.39, 0.29) is 0 Å². The molecule has 6 heteroatoms. The molecule has 0 spiro atoms. The quantitative estimate of drug-likeness (QED) is 0.810. The van der Waals surface area contributed by atoms with Crippen LogP contribution in [0.1, 0.15) is 19.8 Å². The molecule has 1 fully saturated rings. The largest absolute Gasteiger partial charge is 0.493 e. The minimum absolute atomic E-state index is 0.300. The summed E-state index contributed by atoms with van der Waals surface area (Å²) < 4.78 is 38.1. The van der Waals surface area contributed by atoms with Crippen molar-refractivity contribution in [3.63, 3.8) is 0 Å². The normalized spacial score (nSPS) is 16.6. The number of hydrogen-bond donors (Lipinski definition) is 0. The Bertz CT molecular complexity index is 810. The molecule has 5 nitrogen and oxygen atoms in total. The molecule has 1 heterocycles. The summed E-state index contributed by atoms with van der Waals surface area (Å²) in [5.41, 5.74) is 0. The third kappa shape index (κ3) is 3.96. The smallest absolute Gasteiger partial charge is 0.243 e. The third-order valence-electron chi connectivity index (χ3n) is 4.50. The maximum atomic E-state index is 12.7. The van der Waals surface area contributed by atoms with Gasteiger partial charge in [0.15, 0.2) is 11.5 Å². The molecule has 134 valence electrons. The minimum Gasteiger partial charge on any atom is -0.493 e. The van der Waals surface area contributed by atoms with Gasteiger partial charge in [-0.25, -0.2) is 8.42 Å². The summed E-state index contributed by atoms with van der Waals surface area (Å²) in [6, 6.07) is 13.9.